The molecule has 1 aliphatic heterocycles. The van der Waals surface area contributed by atoms with Gasteiger partial charge in [0.1, 0.15) is 0 Å². The zero-order valence-corrected chi connectivity index (χ0v) is 8.18. The number of piperazine rings is 1. The number of ether oxygens (including phenoxy) is 1. The van der Waals surface area contributed by atoms with Crippen molar-refractivity contribution in [3.05, 3.63) is 0 Å². The van der Waals surface area contributed by atoms with Gasteiger partial charge in [-0.05, 0) is 5.92 Å². The summed E-state index contributed by atoms with van der Waals surface area (Å²) in [5.74, 6) is 0.660. The van der Waals surface area contributed by atoms with Crippen molar-refractivity contribution in [1.29, 1.82) is 0 Å². The predicted molar refractivity (Wildman–Crippen MR) is 50.3 cm³/mol. The van der Waals surface area contributed by atoms with Crippen LogP contribution < -0.4 is 5.32 Å². The third-order valence-electron chi connectivity index (χ3n) is 2.23. The van der Waals surface area contributed by atoms with Gasteiger partial charge in [0.15, 0.2) is 0 Å². The van der Waals surface area contributed by atoms with Crippen LogP contribution in [-0.2, 0) is 4.74 Å². The van der Waals surface area contributed by atoms with Crippen LogP contribution in [0.1, 0.15) is 6.92 Å². The van der Waals surface area contributed by atoms with E-state index in [1.807, 2.05) is 0 Å². The molecule has 1 rings (SSSR count). The summed E-state index contributed by atoms with van der Waals surface area (Å²) in [6, 6.07) is 0. The van der Waals surface area contributed by atoms with Crippen molar-refractivity contribution < 1.29 is 4.74 Å². The van der Waals surface area contributed by atoms with Crippen LogP contribution in [-0.4, -0.2) is 51.3 Å². The Kier molecular flexibility index (Phi) is 4.58. The van der Waals surface area contributed by atoms with Gasteiger partial charge in [0.2, 0.25) is 0 Å². The fourth-order valence-electron chi connectivity index (χ4n) is 1.67. The van der Waals surface area contributed by atoms with Gasteiger partial charge < -0.3 is 15.0 Å². The van der Waals surface area contributed by atoms with Crippen LogP contribution in [0.25, 0.3) is 0 Å². The van der Waals surface area contributed by atoms with E-state index < -0.39 is 0 Å². The summed E-state index contributed by atoms with van der Waals surface area (Å²) in [6.07, 6.45) is 0. The van der Waals surface area contributed by atoms with Crippen molar-refractivity contribution in [3.8, 4) is 0 Å². The monoisotopic (exact) mass is 172 g/mol. The number of rotatable bonds is 4. The molecule has 0 aliphatic carbocycles. The van der Waals surface area contributed by atoms with Crippen LogP contribution in [0.4, 0.5) is 0 Å². The van der Waals surface area contributed by atoms with Crippen LogP contribution in [0.3, 0.4) is 0 Å². The van der Waals surface area contributed by atoms with E-state index in [1.54, 1.807) is 7.11 Å². The molecule has 0 radical (unpaired) electrons. The molecule has 12 heavy (non-hydrogen) atoms. The lowest BCUT2D eigenvalue weighted by atomic mass is 10.2. The van der Waals surface area contributed by atoms with Crippen LogP contribution in [0.15, 0.2) is 0 Å². The number of methoxy groups -OCH3 is 1. The van der Waals surface area contributed by atoms with Crippen LogP contribution in [0, 0.1) is 5.92 Å². The van der Waals surface area contributed by atoms with Gasteiger partial charge in [0.05, 0.1) is 0 Å². The summed E-state index contributed by atoms with van der Waals surface area (Å²) in [4.78, 5) is 2.50. The maximum atomic E-state index is 5.10. The van der Waals surface area contributed by atoms with Crippen LogP contribution in [0.5, 0.6) is 0 Å². The molecule has 1 aliphatic rings. The molecule has 3 heteroatoms. The molecule has 1 heterocycles. The van der Waals surface area contributed by atoms with Gasteiger partial charge in [-0.1, -0.05) is 6.92 Å². The summed E-state index contributed by atoms with van der Waals surface area (Å²) in [7, 11) is 1.77. The lowest BCUT2D eigenvalue weighted by Crippen LogP contribution is -2.45. The molecular formula is C9H20N2O. The molecule has 0 amide bonds. The van der Waals surface area contributed by atoms with Gasteiger partial charge in [-0.2, -0.15) is 0 Å². The first-order valence-electron chi connectivity index (χ1n) is 4.75. The lowest BCUT2D eigenvalue weighted by Gasteiger charge is -2.29. The van der Waals surface area contributed by atoms with E-state index in [-0.39, 0.29) is 0 Å². The molecule has 1 N–H and O–H groups in total. The van der Waals surface area contributed by atoms with E-state index in [4.69, 9.17) is 4.74 Å². The Labute approximate surface area is 75.1 Å². The van der Waals surface area contributed by atoms with Gasteiger partial charge in [-0.15, -0.1) is 0 Å². The zero-order chi connectivity index (χ0) is 8.81. The molecule has 1 fully saturated rings. The third kappa shape index (κ3) is 3.52. The maximum Gasteiger partial charge on any atom is 0.0500 e. The highest BCUT2D eigenvalue weighted by atomic mass is 16.5. The van der Waals surface area contributed by atoms with E-state index in [9.17, 15) is 0 Å². The van der Waals surface area contributed by atoms with Crippen molar-refractivity contribution in [2.45, 2.75) is 6.92 Å². The lowest BCUT2D eigenvalue weighted by molar-refractivity contribution is 0.124. The Morgan fingerprint density at radius 3 is 2.67 bits per heavy atom. The zero-order valence-electron chi connectivity index (χ0n) is 8.18. The first-order valence-corrected chi connectivity index (χ1v) is 4.75. The summed E-state index contributed by atoms with van der Waals surface area (Å²) in [5.41, 5.74) is 0. The largest absolute Gasteiger partial charge is 0.384 e. The standard InChI is InChI=1S/C9H20N2O/c1-9(8-12-2)7-11-5-3-10-4-6-11/h9-10H,3-8H2,1-2H3/t9-/m1/s1. The van der Waals surface area contributed by atoms with E-state index in [0.29, 0.717) is 5.92 Å². The average molecular weight is 172 g/mol. The first-order chi connectivity index (χ1) is 5.83. The van der Waals surface area contributed by atoms with Crippen LogP contribution in [0.2, 0.25) is 0 Å². The predicted octanol–water partition coefficient (Wildman–Crippen LogP) is 0.174. The summed E-state index contributed by atoms with van der Waals surface area (Å²) in [6.45, 7) is 8.95. The highest BCUT2D eigenvalue weighted by Gasteiger charge is 2.12. The Balaban J connectivity index is 2.11. The highest BCUT2D eigenvalue weighted by molar-refractivity contribution is 4.69. The normalized spacial score (nSPS) is 22.5. The SMILES string of the molecule is COC[C@H](C)CN1CCNCC1. The minimum atomic E-state index is 0.660. The van der Waals surface area contributed by atoms with Crippen molar-refractivity contribution in [3.63, 3.8) is 0 Å². The second-order valence-electron chi connectivity index (χ2n) is 3.61. The number of hydrogen-bond donors (Lipinski definition) is 1. The first kappa shape index (κ1) is 9.96. The van der Waals surface area contributed by atoms with Gasteiger partial charge in [-0.3, -0.25) is 0 Å². The molecule has 0 aromatic heterocycles. The van der Waals surface area contributed by atoms with E-state index >= 15 is 0 Å². The van der Waals surface area contributed by atoms with Gasteiger partial charge in [0, 0.05) is 46.4 Å². The molecule has 0 aromatic rings. The third-order valence-corrected chi connectivity index (χ3v) is 2.23. The minimum Gasteiger partial charge on any atom is -0.384 e. The Morgan fingerprint density at radius 2 is 2.08 bits per heavy atom. The second kappa shape index (κ2) is 5.51. The van der Waals surface area contributed by atoms with Gasteiger partial charge in [0.25, 0.3) is 0 Å². The molecule has 0 saturated carbocycles. The van der Waals surface area contributed by atoms with Crippen molar-refractivity contribution in [2.75, 3.05) is 46.4 Å². The Bertz CT molecular complexity index is 113. The molecule has 0 unspecified atom stereocenters. The van der Waals surface area contributed by atoms with E-state index in [0.717, 1.165) is 19.7 Å². The molecule has 1 atom stereocenters. The minimum absolute atomic E-state index is 0.660. The highest BCUT2D eigenvalue weighted by Crippen LogP contribution is 2.01. The molecule has 0 bridgehead atoms. The fraction of sp³-hybridized carbons (Fsp3) is 1.00. The van der Waals surface area contributed by atoms with E-state index in [1.165, 1.54) is 19.6 Å². The van der Waals surface area contributed by atoms with Crippen LogP contribution >= 0.6 is 0 Å². The molecule has 1 saturated heterocycles. The second-order valence-corrected chi connectivity index (χ2v) is 3.61. The quantitative estimate of drug-likeness (QED) is 0.654. The topological polar surface area (TPSA) is 24.5 Å². The van der Waals surface area contributed by atoms with Gasteiger partial charge in [-0.25, -0.2) is 0 Å². The summed E-state index contributed by atoms with van der Waals surface area (Å²) >= 11 is 0. The fourth-order valence-corrected chi connectivity index (χ4v) is 1.67. The summed E-state index contributed by atoms with van der Waals surface area (Å²) < 4.78 is 5.10. The molecule has 3 nitrogen and oxygen atoms in total. The molecule has 0 spiro atoms. The number of nitrogens with zero attached hydrogens (tertiary/aromatic N) is 1. The molecule has 0 aromatic carbocycles. The molecule has 72 valence electrons. The van der Waals surface area contributed by atoms with Gasteiger partial charge >= 0.3 is 0 Å². The molecular weight excluding hydrogens is 152 g/mol. The Hall–Kier alpha value is -0.120. The number of hydrogen-bond acceptors (Lipinski definition) is 3. The number of nitrogens with one attached hydrogen (secondary N) is 1. The maximum absolute atomic E-state index is 5.10. The Morgan fingerprint density at radius 1 is 1.42 bits per heavy atom. The summed E-state index contributed by atoms with van der Waals surface area (Å²) in [5, 5.41) is 3.35. The van der Waals surface area contributed by atoms with E-state index in [2.05, 4.69) is 17.1 Å². The smallest absolute Gasteiger partial charge is 0.0500 e. The van der Waals surface area contributed by atoms with Crippen molar-refractivity contribution >= 4 is 0 Å². The van der Waals surface area contributed by atoms with Crippen molar-refractivity contribution in [1.82, 2.24) is 10.2 Å². The van der Waals surface area contributed by atoms with Crippen molar-refractivity contribution in [2.24, 2.45) is 5.92 Å². The average Bonchev–Trinajstić information content (AvgIpc) is 2.06.